The number of hydrogen-bond acceptors (Lipinski definition) is 6. The summed E-state index contributed by atoms with van der Waals surface area (Å²) in [4.78, 5) is 26.8. The van der Waals surface area contributed by atoms with Gasteiger partial charge in [0.1, 0.15) is 5.56 Å². The van der Waals surface area contributed by atoms with Gasteiger partial charge in [0, 0.05) is 31.1 Å². The fraction of sp³-hybridized carbons (Fsp3) is 0.458. The molecule has 2 aliphatic rings. The summed E-state index contributed by atoms with van der Waals surface area (Å²) in [5.74, 6) is -0.102. The second-order valence-corrected chi connectivity index (χ2v) is 8.59. The number of piperidine rings is 1. The highest BCUT2D eigenvalue weighted by Crippen LogP contribution is 2.41. The number of nitrogens with zero attached hydrogens (tertiary/aromatic N) is 2. The first kappa shape index (κ1) is 22.1. The van der Waals surface area contributed by atoms with Crippen molar-refractivity contribution in [3.8, 4) is 11.5 Å². The number of nitrogens with one attached hydrogen (secondary N) is 1. The van der Waals surface area contributed by atoms with Gasteiger partial charge in [-0.15, -0.1) is 0 Å². The Hall–Kier alpha value is -3.13. The summed E-state index contributed by atoms with van der Waals surface area (Å²) in [5.41, 5.74) is 0.937. The van der Waals surface area contributed by atoms with Crippen LogP contribution in [-0.2, 0) is 6.54 Å². The fourth-order valence-electron chi connectivity index (χ4n) is 4.70. The third-order valence-corrected chi connectivity index (χ3v) is 6.24. The summed E-state index contributed by atoms with van der Waals surface area (Å²) < 4.78 is 11.1. The Morgan fingerprint density at radius 1 is 1.09 bits per heavy atom. The molecule has 4 rings (SSSR count). The van der Waals surface area contributed by atoms with Gasteiger partial charge in [-0.2, -0.15) is 0 Å². The number of ether oxygens (including phenoxy) is 2. The van der Waals surface area contributed by atoms with E-state index in [4.69, 9.17) is 9.47 Å². The molecule has 0 radical (unpaired) electrons. The smallest absolute Gasteiger partial charge is 0.327 e. The first-order valence-corrected chi connectivity index (χ1v) is 11.1. The number of carbonyl (C=O) groups excluding carboxylic acids is 1. The fourth-order valence-corrected chi connectivity index (χ4v) is 4.70. The van der Waals surface area contributed by atoms with E-state index in [9.17, 15) is 14.9 Å². The van der Waals surface area contributed by atoms with E-state index in [1.807, 2.05) is 18.2 Å². The van der Waals surface area contributed by atoms with Crippen molar-refractivity contribution >= 4 is 11.6 Å². The molecular weight excluding hydrogens is 410 g/mol. The molecule has 32 heavy (non-hydrogen) atoms. The van der Waals surface area contributed by atoms with Gasteiger partial charge in [-0.25, -0.2) is 0 Å². The molecule has 2 heterocycles. The van der Waals surface area contributed by atoms with Crippen LogP contribution in [0.5, 0.6) is 11.5 Å². The average molecular weight is 440 g/mol. The third kappa shape index (κ3) is 4.70. The normalized spacial score (nSPS) is 23.2. The molecule has 0 bridgehead atoms. The summed E-state index contributed by atoms with van der Waals surface area (Å²) in [6.07, 6.45) is 2.19. The van der Waals surface area contributed by atoms with Gasteiger partial charge in [-0.1, -0.05) is 30.3 Å². The van der Waals surface area contributed by atoms with Crippen LogP contribution < -0.4 is 14.8 Å². The third-order valence-electron chi connectivity index (χ3n) is 6.24. The Bertz CT molecular complexity index is 969. The first-order chi connectivity index (χ1) is 15.4. The maximum absolute atomic E-state index is 13.1. The maximum Gasteiger partial charge on any atom is 0.327 e. The molecule has 8 heteroatoms. The van der Waals surface area contributed by atoms with Crippen molar-refractivity contribution in [2.24, 2.45) is 0 Å². The minimum absolute atomic E-state index is 0.00581. The number of nitro benzene ring substituents is 1. The van der Waals surface area contributed by atoms with Gasteiger partial charge in [-0.3, -0.25) is 19.8 Å². The zero-order chi connectivity index (χ0) is 22.7. The minimum Gasteiger partial charge on any atom is -0.489 e. The van der Waals surface area contributed by atoms with E-state index in [0.29, 0.717) is 25.4 Å². The first-order valence-electron chi connectivity index (χ1n) is 11.1. The molecule has 1 saturated heterocycles. The summed E-state index contributed by atoms with van der Waals surface area (Å²) in [5, 5.41) is 14.8. The lowest BCUT2D eigenvalue weighted by Crippen LogP contribution is -2.52. The van der Waals surface area contributed by atoms with Crippen LogP contribution >= 0.6 is 0 Å². The van der Waals surface area contributed by atoms with Crippen molar-refractivity contribution in [1.29, 1.82) is 0 Å². The van der Waals surface area contributed by atoms with Crippen molar-refractivity contribution in [2.45, 2.75) is 57.8 Å². The van der Waals surface area contributed by atoms with E-state index < -0.39 is 10.8 Å². The van der Waals surface area contributed by atoms with E-state index in [0.717, 1.165) is 19.4 Å². The van der Waals surface area contributed by atoms with Gasteiger partial charge in [0.25, 0.3) is 5.91 Å². The molecule has 2 aliphatic heterocycles. The monoisotopic (exact) mass is 439 g/mol. The van der Waals surface area contributed by atoms with Gasteiger partial charge in [0.15, 0.2) is 5.75 Å². The molecule has 1 N–H and O–H groups in total. The Morgan fingerprint density at radius 2 is 1.78 bits per heavy atom. The number of rotatable bonds is 5. The van der Waals surface area contributed by atoms with Crippen LogP contribution in [0.3, 0.4) is 0 Å². The summed E-state index contributed by atoms with van der Waals surface area (Å²) in [6.45, 7) is 5.92. The number of amides is 1. The van der Waals surface area contributed by atoms with Crippen molar-refractivity contribution in [1.82, 2.24) is 10.2 Å². The average Bonchev–Trinajstić information content (AvgIpc) is 3.01. The van der Waals surface area contributed by atoms with E-state index in [-0.39, 0.29) is 35.1 Å². The topological polar surface area (TPSA) is 93.9 Å². The molecule has 2 aromatic rings. The van der Waals surface area contributed by atoms with Crippen LogP contribution in [0.25, 0.3) is 0 Å². The molecule has 1 unspecified atom stereocenters. The highest BCUT2D eigenvalue weighted by molar-refractivity contribution is 6.00. The summed E-state index contributed by atoms with van der Waals surface area (Å²) >= 11 is 0. The molecule has 8 nitrogen and oxygen atoms in total. The molecule has 3 atom stereocenters. The minimum atomic E-state index is -0.559. The number of likely N-dealkylation sites (tertiary alicyclic amines) is 1. The number of nitro groups is 1. The van der Waals surface area contributed by atoms with Crippen molar-refractivity contribution in [3.05, 3.63) is 63.7 Å². The van der Waals surface area contributed by atoms with Crippen LogP contribution in [0.15, 0.2) is 42.5 Å². The predicted octanol–water partition coefficient (Wildman–Crippen LogP) is 3.93. The lowest BCUT2D eigenvalue weighted by molar-refractivity contribution is -0.386. The van der Waals surface area contributed by atoms with Gasteiger partial charge in [0.05, 0.1) is 18.1 Å². The van der Waals surface area contributed by atoms with Crippen LogP contribution in [0.2, 0.25) is 0 Å². The van der Waals surface area contributed by atoms with Gasteiger partial charge in [0.2, 0.25) is 5.75 Å². The van der Waals surface area contributed by atoms with Gasteiger partial charge >= 0.3 is 5.69 Å². The van der Waals surface area contributed by atoms with Crippen LogP contribution in [0.4, 0.5) is 5.69 Å². The van der Waals surface area contributed by atoms with Gasteiger partial charge in [-0.05, 0) is 44.4 Å². The Kier molecular flexibility index (Phi) is 6.60. The lowest BCUT2D eigenvalue weighted by atomic mass is 9.91. The predicted molar refractivity (Wildman–Crippen MR) is 120 cm³/mol. The van der Waals surface area contributed by atoms with Crippen molar-refractivity contribution < 1.29 is 19.2 Å². The van der Waals surface area contributed by atoms with E-state index in [1.165, 1.54) is 11.6 Å². The summed E-state index contributed by atoms with van der Waals surface area (Å²) in [6, 6.07) is 13.8. The van der Waals surface area contributed by atoms with E-state index >= 15 is 0 Å². The number of carbonyl (C=O) groups is 1. The van der Waals surface area contributed by atoms with Crippen molar-refractivity contribution in [3.63, 3.8) is 0 Å². The Balaban J connectivity index is 1.48. The van der Waals surface area contributed by atoms with Crippen LogP contribution in [0.1, 0.15) is 49.0 Å². The summed E-state index contributed by atoms with van der Waals surface area (Å²) in [7, 11) is 0. The Morgan fingerprint density at radius 3 is 2.47 bits per heavy atom. The molecule has 1 fully saturated rings. The SMILES string of the molecule is C[C@@H]1CC(NC(=O)c2ccc3c(c2[N+](=O)[O-])OCCCO3)C[C@H](C)N1Cc1ccccc1. The second kappa shape index (κ2) is 9.56. The number of fused-ring (bicyclic) bond motifs is 1. The molecule has 0 saturated carbocycles. The van der Waals surface area contributed by atoms with Crippen molar-refractivity contribution in [2.75, 3.05) is 13.2 Å². The molecule has 2 aromatic carbocycles. The van der Waals surface area contributed by atoms with E-state index in [2.05, 4.69) is 36.2 Å². The zero-order valence-corrected chi connectivity index (χ0v) is 18.5. The second-order valence-electron chi connectivity index (χ2n) is 8.59. The van der Waals surface area contributed by atoms with Crippen LogP contribution in [0, 0.1) is 10.1 Å². The molecule has 1 amide bonds. The van der Waals surface area contributed by atoms with E-state index in [1.54, 1.807) is 6.07 Å². The molecule has 0 aliphatic carbocycles. The highest BCUT2D eigenvalue weighted by atomic mass is 16.6. The number of hydrogen-bond donors (Lipinski definition) is 1. The van der Waals surface area contributed by atoms with Crippen LogP contribution in [-0.4, -0.2) is 47.1 Å². The largest absolute Gasteiger partial charge is 0.489 e. The molecular formula is C24H29N3O5. The number of benzene rings is 2. The standard InChI is InChI=1S/C24H29N3O5/c1-16-13-19(14-17(2)26(16)15-18-7-4-3-5-8-18)25-24(28)20-9-10-21-23(22(20)27(29)30)32-12-6-11-31-21/h3-5,7-10,16-17,19H,6,11-15H2,1-2H3,(H,25,28)/t16-,17+,19?. The Labute approximate surface area is 187 Å². The molecule has 0 aromatic heterocycles. The van der Waals surface area contributed by atoms with Gasteiger partial charge < -0.3 is 14.8 Å². The maximum atomic E-state index is 13.1. The lowest BCUT2D eigenvalue weighted by Gasteiger charge is -2.43. The highest BCUT2D eigenvalue weighted by Gasteiger charge is 2.35. The zero-order valence-electron chi connectivity index (χ0n) is 18.5. The molecule has 0 spiro atoms. The molecule has 170 valence electrons. The quantitative estimate of drug-likeness (QED) is 0.560.